The topological polar surface area (TPSA) is 114 Å². The Labute approximate surface area is 488 Å². The lowest BCUT2D eigenvalue weighted by Crippen LogP contribution is -2.47. The Hall–Kier alpha value is -2.81. The third-order valence-electron chi connectivity index (χ3n) is 14.3. The molecule has 0 saturated heterocycles. The number of phosphoric acid groups is 1. The fourth-order valence-corrected chi connectivity index (χ4v) is 9.97. The molecule has 0 radical (unpaired) electrons. The minimum atomic E-state index is -4.71. The average Bonchev–Trinajstić information content (AvgIpc) is 3.41. The van der Waals surface area contributed by atoms with E-state index < -0.39 is 26.6 Å². The summed E-state index contributed by atoms with van der Waals surface area (Å²) in [4.78, 5) is 40.0. The second-order valence-electron chi connectivity index (χ2n) is 23.2. The van der Waals surface area contributed by atoms with Crippen LogP contribution in [0.15, 0.2) is 85.1 Å². The van der Waals surface area contributed by atoms with Crippen molar-refractivity contribution < 1.29 is 37.3 Å². The molecule has 0 aromatic rings. The number of carbonyl (C=O) groups excluding carboxylic acids is 2. The van der Waals surface area contributed by atoms with E-state index in [1.54, 1.807) is 0 Å². The van der Waals surface area contributed by atoms with Crippen LogP contribution >= 0.6 is 7.82 Å². The van der Waals surface area contributed by atoms with Gasteiger partial charge in [0.2, 0.25) is 5.91 Å². The zero-order chi connectivity index (χ0) is 57.9. The van der Waals surface area contributed by atoms with E-state index in [4.69, 9.17) is 13.8 Å². The first-order valence-corrected chi connectivity index (χ1v) is 34.4. The standard InChI is InChI=1S/C69H125N2O7P/c1-7-10-13-16-19-22-25-28-30-32-33-34-35-36-37-38-39-40-42-44-47-50-53-56-59-62-69(73)78-67(60-57-54-51-48-45-27-24-21-18-15-12-9-3)66(65-77-79(74,75)76-64-63-71(4,5)6)70-68(72)61-58-55-52-49-46-43-41-31-29-26-23-20-17-14-11-8-2/h11,14,19-20,22-23,28-31,43,46,57,60,66-67H,7-10,12-13,15-18,21,24-27,32-42,44-45,47-56,58-59,61-65H2,1-6H3,(H-,70,72,74,75)/b14-11+,22-19-,23-20+,30-28-,31-29+,46-43+,60-57-. The molecule has 0 saturated carbocycles. The molecule has 0 rings (SSSR count). The number of likely N-dealkylation sites (N-methyl/N-ethyl adjacent to an activating group) is 1. The van der Waals surface area contributed by atoms with Gasteiger partial charge in [0.15, 0.2) is 0 Å². The van der Waals surface area contributed by atoms with E-state index in [0.29, 0.717) is 17.4 Å². The van der Waals surface area contributed by atoms with Crippen molar-refractivity contribution in [3.05, 3.63) is 85.1 Å². The summed E-state index contributed by atoms with van der Waals surface area (Å²) in [6.07, 6.45) is 77.1. The van der Waals surface area contributed by atoms with Crippen LogP contribution in [0.4, 0.5) is 0 Å². The quantitative estimate of drug-likeness (QED) is 0.0212. The maximum absolute atomic E-state index is 13.5. The summed E-state index contributed by atoms with van der Waals surface area (Å²) in [5.41, 5.74) is 0. The van der Waals surface area contributed by atoms with Crippen LogP contribution in [0.5, 0.6) is 0 Å². The molecule has 458 valence electrons. The van der Waals surface area contributed by atoms with Crippen LogP contribution < -0.4 is 10.2 Å². The Morgan fingerprint density at radius 1 is 0.456 bits per heavy atom. The van der Waals surface area contributed by atoms with Crippen molar-refractivity contribution in [3.8, 4) is 0 Å². The number of hydrogen-bond acceptors (Lipinski definition) is 7. The summed E-state index contributed by atoms with van der Waals surface area (Å²) in [5.74, 6) is -0.574. The lowest BCUT2D eigenvalue weighted by atomic mass is 10.0. The van der Waals surface area contributed by atoms with Crippen LogP contribution in [0.2, 0.25) is 0 Å². The molecule has 0 bridgehead atoms. The first-order chi connectivity index (χ1) is 38.4. The number of phosphoric ester groups is 1. The van der Waals surface area contributed by atoms with Crippen LogP contribution in [0.3, 0.4) is 0 Å². The van der Waals surface area contributed by atoms with E-state index in [-0.39, 0.29) is 31.3 Å². The first-order valence-electron chi connectivity index (χ1n) is 32.9. The molecule has 79 heavy (non-hydrogen) atoms. The maximum atomic E-state index is 13.5. The van der Waals surface area contributed by atoms with E-state index >= 15 is 0 Å². The lowest BCUT2D eigenvalue weighted by Gasteiger charge is -2.30. The number of carbonyl (C=O) groups is 2. The minimum Gasteiger partial charge on any atom is -0.756 e. The number of unbranched alkanes of at least 4 members (excludes halogenated alkanes) is 31. The van der Waals surface area contributed by atoms with Crippen molar-refractivity contribution in [3.63, 3.8) is 0 Å². The highest BCUT2D eigenvalue weighted by molar-refractivity contribution is 7.45. The number of amides is 1. The molecule has 0 spiro atoms. The van der Waals surface area contributed by atoms with Gasteiger partial charge in [0.1, 0.15) is 19.3 Å². The van der Waals surface area contributed by atoms with Gasteiger partial charge in [-0.15, -0.1) is 0 Å². The number of rotatable bonds is 59. The fraction of sp³-hybridized carbons (Fsp3) is 0.768. The third-order valence-corrected chi connectivity index (χ3v) is 15.3. The number of hydrogen-bond donors (Lipinski definition) is 1. The van der Waals surface area contributed by atoms with E-state index in [9.17, 15) is 19.0 Å². The van der Waals surface area contributed by atoms with Gasteiger partial charge in [-0.25, -0.2) is 0 Å². The Kier molecular flexibility index (Phi) is 56.3. The van der Waals surface area contributed by atoms with Crippen molar-refractivity contribution in [2.24, 2.45) is 0 Å². The molecule has 3 atom stereocenters. The highest BCUT2D eigenvalue weighted by Crippen LogP contribution is 2.38. The van der Waals surface area contributed by atoms with Gasteiger partial charge in [0.25, 0.3) is 7.82 Å². The number of quaternary nitrogens is 1. The van der Waals surface area contributed by atoms with Crippen LogP contribution in [-0.2, 0) is 27.9 Å². The minimum absolute atomic E-state index is 0.0312. The normalized spacial score (nSPS) is 14.2. The highest BCUT2D eigenvalue weighted by atomic mass is 31.2. The van der Waals surface area contributed by atoms with Gasteiger partial charge in [-0.2, -0.15) is 0 Å². The molecule has 1 amide bonds. The second kappa shape index (κ2) is 58.4. The molecule has 10 heteroatoms. The van der Waals surface area contributed by atoms with E-state index in [1.807, 2.05) is 33.3 Å². The monoisotopic (exact) mass is 1120 g/mol. The zero-order valence-electron chi connectivity index (χ0n) is 52.3. The molecule has 0 fully saturated rings. The molecule has 0 aliphatic carbocycles. The summed E-state index contributed by atoms with van der Waals surface area (Å²) >= 11 is 0. The number of nitrogens with zero attached hydrogens (tertiary/aromatic N) is 1. The molecule has 1 N–H and O–H groups in total. The van der Waals surface area contributed by atoms with Crippen molar-refractivity contribution in [1.82, 2.24) is 5.32 Å². The summed E-state index contributed by atoms with van der Waals surface area (Å²) < 4.78 is 30.3. The van der Waals surface area contributed by atoms with Crippen molar-refractivity contribution in [2.75, 3.05) is 40.9 Å². The summed E-state index contributed by atoms with van der Waals surface area (Å²) in [5, 5.41) is 3.01. The average molecular weight is 1130 g/mol. The molecule has 9 nitrogen and oxygen atoms in total. The van der Waals surface area contributed by atoms with Gasteiger partial charge in [0, 0.05) is 12.8 Å². The molecule has 0 aromatic carbocycles. The predicted molar refractivity (Wildman–Crippen MR) is 339 cm³/mol. The molecule has 0 heterocycles. The van der Waals surface area contributed by atoms with Gasteiger partial charge in [0.05, 0.1) is 33.8 Å². The molecule has 0 aliphatic rings. The van der Waals surface area contributed by atoms with Crippen LogP contribution in [0.1, 0.15) is 290 Å². The lowest BCUT2D eigenvalue weighted by molar-refractivity contribution is -0.870. The first kappa shape index (κ1) is 76.2. The number of esters is 1. The predicted octanol–water partition coefficient (Wildman–Crippen LogP) is 19.9. The summed E-state index contributed by atoms with van der Waals surface area (Å²) in [6.45, 7) is 6.69. The van der Waals surface area contributed by atoms with Crippen LogP contribution in [0.25, 0.3) is 0 Å². The fourth-order valence-electron chi connectivity index (χ4n) is 9.25. The van der Waals surface area contributed by atoms with E-state index in [2.05, 4.69) is 99.0 Å². The molecule has 0 aliphatic heterocycles. The number of ether oxygens (including phenoxy) is 1. The largest absolute Gasteiger partial charge is 0.756 e. The van der Waals surface area contributed by atoms with Gasteiger partial charge >= 0.3 is 5.97 Å². The van der Waals surface area contributed by atoms with Crippen LogP contribution in [-0.4, -0.2) is 69.4 Å². The Morgan fingerprint density at radius 3 is 1.25 bits per heavy atom. The summed E-state index contributed by atoms with van der Waals surface area (Å²) in [6, 6.07) is -0.908. The molecule has 0 aromatic heterocycles. The zero-order valence-corrected chi connectivity index (χ0v) is 53.2. The van der Waals surface area contributed by atoms with Crippen LogP contribution in [0, 0.1) is 0 Å². The Bertz CT molecular complexity index is 1630. The SMILES string of the molecule is CC/C=C/C/C=C/C/C=C/C/C=C/CCCCCC(=O)NC(COP(=O)([O-])OCC[N+](C)(C)C)C(/C=C\CCCCCCCCCCCC)OC(=O)CCCCCCCCCCCCCCCCC/C=C\C/C=C\CCCCC. The second-order valence-corrected chi connectivity index (χ2v) is 24.6. The van der Waals surface area contributed by atoms with E-state index in [0.717, 1.165) is 89.9 Å². The number of allylic oxidation sites excluding steroid dienone is 13. The molecular weight excluding hydrogens is 1000 g/mol. The third kappa shape index (κ3) is 59.6. The number of nitrogens with one attached hydrogen (secondary N) is 1. The van der Waals surface area contributed by atoms with Crippen molar-refractivity contribution in [2.45, 2.75) is 303 Å². The van der Waals surface area contributed by atoms with Crippen molar-refractivity contribution in [1.29, 1.82) is 0 Å². The molecular formula is C69H125N2O7P. The summed E-state index contributed by atoms with van der Waals surface area (Å²) in [7, 11) is 1.16. The Balaban J connectivity index is 5.13. The van der Waals surface area contributed by atoms with Gasteiger partial charge in [-0.3, -0.25) is 14.2 Å². The highest BCUT2D eigenvalue weighted by Gasteiger charge is 2.27. The smallest absolute Gasteiger partial charge is 0.306 e. The molecule has 3 unspecified atom stereocenters. The van der Waals surface area contributed by atoms with Gasteiger partial charge < -0.3 is 28.5 Å². The van der Waals surface area contributed by atoms with Crippen molar-refractivity contribution >= 4 is 19.7 Å². The van der Waals surface area contributed by atoms with E-state index in [1.165, 1.54) is 161 Å². The maximum Gasteiger partial charge on any atom is 0.306 e. The Morgan fingerprint density at radius 2 is 0.810 bits per heavy atom. The van der Waals surface area contributed by atoms with Gasteiger partial charge in [-0.1, -0.05) is 260 Å². The van der Waals surface area contributed by atoms with Gasteiger partial charge in [-0.05, 0) is 102 Å².